The second-order valence-corrected chi connectivity index (χ2v) is 9.71. The summed E-state index contributed by atoms with van der Waals surface area (Å²) >= 11 is 5.90. The number of benzene rings is 4. The number of carboxylic acids is 1. The Morgan fingerprint density at radius 3 is 1.98 bits per heavy atom. The fraction of sp³-hybridized carbons (Fsp3) is 0.0938. The van der Waals surface area contributed by atoms with Crippen LogP contribution in [0.5, 0.6) is 0 Å². The van der Waals surface area contributed by atoms with Crippen molar-refractivity contribution in [3.8, 4) is 11.1 Å². The number of rotatable bonds is 9. The zero-order valence-corrected chi connectivity index (χ0v) is 22.6. The van der Waals surface area contributed by atoms with Crippen LogP contribution in [-0.2, 0) is 22.2 Å². The second-order valence-electron chi connectivity index (χ2n) is 9.27. The molecule has 0 aliphatic rings. The molecule has 4 aromatic carbocycles. The molecule has 4 rings (SSSR count). The maximum absolute atomic E-state index is 13.3. The summed E-state index contributed by atoms with van der Waals surface area (Å²) in [6, 6.07) is 25.2. The van der Waals surface area contributed by atoms with Gasteiger partial charge in [0.05, 0.1) is 5.56 Å². The number of alkyl halides is 3. The van der Waals surface area contributed by atoms with Gasteiger partial charge in [-0.3, -0.25) is 9.59 Å². The summed E-state index contributed by atoms with van der Waals surface area (Å²) in [7, 11) is 0. The highest BCUT2D eigenvalue weighted by Gasteiger charge is 2.30. The van der Waals surface area contributed by atoms with E-state index in [0.717, 1.165) is 35.4 Å². The van der Waals surface area contributed by atoms with Crippen LogP contribution in [0.15, 0.2) is 109 Å². The van der Waals surface area contributed by atoms with Crippen LogP contribution in [0.2, 0.25) is 5.02 Å². The topological polar surface area (TPSA) is 95.5 Å². The van der Waals surface area contributed by atoms with Crippen LogP contribution in [0, 0.1) is 0 Å². The van der Waals surface area contributed by atoms with Crippen LogP contribution in [0.3, 0.4) is 0 Å². The molecule has 6 nitrogen and oxygen atoms in total. The molecule has 0 heterocycles. The largest absolute Gasteiger partial charge is 0.480 e. The third kappa shape index (κ3) is 8.08. The Morgan fingerprint density at radius 1 is 0.810 bits per heavy atom. The lowest BCUT2D eigenvalue weighted by Crippen LogP contribution is -2.45. The highest BCUT2D eigenvalue weighted by molar-refractivity contribution is 6.30. The number of carbonyl (C=O) groups excluding carboxylic acids is 2. The van der Waals surface area contributed by atoms with Crippen molar-refractivity contribution in [2.75, 3.05) is 0 Å². The molecule has 0 saturated heterocycles. The van der Waals surface area contributed by atoms with E-state index >= 15 is 0 Å². The summed E-state index contributed by atoms with van der Waals surface area (Å²) in [6.07, 6.45) is -3.29. The minimum atomic E-state index is -4.58. The first-order valence-electron chi connectivity index (χ1n) is 12.6. The van der Waals surface area contributed by atoms with E-state index < -0.39 is 35.6 Å². The Hall–Kier alpha value is -4.89. The fourth-order valence-electron chi connectivity index (χ4n) is 4.02. The van der Waals surface area contributed by atoms with Gasteiger partial charge < -0.3 is 15.7 Å². The SMILES string of the molecule is O=C(NC(Cc1ccc(Cl)cc1)C(=O)O)/C(=C\c1ccc(-c2ccccc2)cc1)NC(=O)c1ccc(C(F)(F)F)cc1. The Bertz CT molecular complexity index is 1590. The summed E-state index contributed by atoms with van der Waals surface area (Å²) < 4.78 is 38.9. The van der Waals surface area contributed by atoms with Gasteiger partial charge in [-0.05, 0) is 64.7 Å². The van der Waals surface area contributed by atoms with Crippen LogP contribution < -0.4 is 10.6 Å². The first-order chi connectivity index (χ1) is 20.0. The van der Waals surface area contributed by atoms with Crippen LogP contribution in [0.1, 0.15) is 27.0 Å². The number of halogens is 4. The smallest absolute Gasteiger partial charge is 0.416 e. The number of hydrogen-bond donors (Lipinski definition) is 3. The van der Waals surface area contributed by atoms with Crippen molar-refractivity contribution in [1.82, 2.24) is 10.6 Å². The zero-order valence-electron chi connectivity index (χ0n) is 21.9. The molecule has 0 aromatic heterocycles. The third-order valence-electron chi connectivity index (χ3n) is 6.25. The lowest BCUT2D eigenvalue weighted by atomic mass is 10.0. The van der Waals surface area contributed by atoms with E-state index in [4.69, 9.17) is 11.6 Å². The average Bonchev–Trinajstić information content (AvgIpc) is 2.98. The summed E-state index contributed by atoms with van der Waals surface area (Å²) in [5, 5.41) is 15.1. The molecule has 0 aliphatic carbocycles. The minimum Gasteiger partial charge on any atom is -0.480 e. The number of carboxylic acid groups (broad SMARTS) is 1. The van der Waals surface area contributed by atoms with Crippen molar-refractivity contribution >= 4 is 35.5 Å². The lowest BCUT2D eigenvalue weighted by Gasteiger charge is -2.17. The van der Waals surface area contributed by atoms with Crippen molar-refractivity contribution in [3.63, 3.8) is 0 Å². The van der Waals surface area contributed by atoms with E-state index in [1.165, 1.54) is 6.08 Å². The van der Waals surface area contributed by atoms with Gasteiger partial charge in [0.15, 0.2) is 0 Å². The maximum atomic E-state index is 13.3. The summed E-state index contributed by atoms with van der Waals surface area (Å²) in [5.74, 6) is -3.06. The molecule has 1 unspecified atom stereocenters. The van der Waals surface area contributed by atoms with Crippen LogP contribution in [0.25, 0.3) is 17.2 Å². The molecule has 0 aliphatic heterocycles. The van der Waals surface area contributed by atoms with Crippen molar-refractivity contribution in [2.45, 2.75) is 18.6 Å². The summed E-state index contributed by atoms with van der Waals surface area (Å²) in [5.41, 5.74) is 1.62. The molecule has 0 spiro atoms. The van der Waals surface area contributed by atoms with Gasteiger partial charge >= 0.3 is 12.1 Å². The predicted octanol–water partition coefficient (Wildman–Crippen LogP) is 6.61. The summed E-state index contributed by atoms with van der Waals surface area (Å²) in [6.45, 7) is 0. The van der Waals surface area contributed by atoms with Crippen molar-refractivity contribution in [1.29, 1.82) is 0 Å². The van der Waals surface area contributed by atoms with Gasteiger partial charge in [-0.15, -0.1) is 0 Å². The average molecular weight is 593 g/mol. The highest BCUT2D eigenvalue weighted by Crippen LogP contribution is 2.29. The van der Waals surface area contributed by atoms with Gasteiger partial charge in [0.25, 0.3) is 11.8 Å². The van der Waals surface area contributed by atoms with Gasteiger partial charge in [0, 0.05) is 17.0 Å². The van der Waals surface area contributed by atoms with E-state index in [-0.39, 0.29) is 17.7 Å². The molecular formula is C32H24ClF3N2O4. The third-order valence-corrected chi connectivity index (χ3v) is 6.50. The molecule has 0 saturated carbocycles. The molecule has 0 radical (unpaired) electrons. The Kier molecular flexibility index (Phi) is 9.44. The highest BCUT2D eigenvalue weighted by atomic mass is 35.5. The predicted molar refractivity (Wildman–Crippen MR) is 153 cm³/mol. The molecule has 3 N–H and O–H groups in total. The molecule has 214 valence electrons. The first-order valence-corrected chi connectivity index (χ1v) is 13.0. The molecule has 1 atom stereocenters. The Balaban J connectivity index is 1.61. The standard InChI is InChI=1S/C32H24ClF3N2O4/c33-26-16-8-21(9-17-26)19-28(31(41)42)38-30(40)27(37-29(39)24-12-14-25(15-13-24)32(34,35)36)18-20-6-10-23(11-7-20)22-4-2-1-3-5-22/h1-18,28H,19H2,(H,37,39)(H,38,40)(H,41,42)/b27-18+. The number of hydrogen-bond acceptors (Lipinski definition) is 3. The second kappa shape index (κ2) is 13.2. The first kappa shape index (κ1) is 30.1. The number of aliphatic carboxylic acids is 1. The molecule has 0 fully saturated rings. The van der Waals surface area contributed by atoms with Crippen LogP contribution in [0.4, 0.5) is 13.2 Å². The Morgan fingerprint density at radius 2 is 1.40 bits per heavy atom. The number of amides is 2. The van der Waals surface area contributed by atoms with Crippen molar-refractivity contribution in [3.05, 3.63) is 136 Å². The van der Waals surface area contributed by atoms with Gasteiger partial charge in [-0.25, -0.2) is 4.79 Å². The molecule has 10 heteroatoms. The van der Waals surface area contributed by atoms with E-state index in [1.54, 1.807) is 36.4 Å². The normalized spacial score (nSPS) is 12.3. The molecule has 42 heavy (non-hydrogen) atoms. The van der Waals surface area contributed by atoms with Gasteiger partial charge in [0.1, 0.15) is 11.7 Å². The van der Waals surface area contributed by atoms with Gasteiger partial charge in [0.2, 0.25) is 0 Å². The molecule has 2 amide bonds. The van der Waals surface area contributed by atoms with Gasteiger partial charge in [-0.1, -0.05) is 78.3 Å². The zero-order chi connectivity index (χ0) is 30.3. The fourth-order valence-corrected chi connectivity index (χ4v) is 4.15. The number of nitrogens with one attached hydrogen (secondary N) is 2. The molecule has 4 aromatic rings. The van der Waals surface area contributed by atoms with E-state index in [9.17, 15) is 32.7 Å². The quantitative estimate of drug-likeness (QED) is 0.191. The Labute approximate surface area is 244 Å². The lowest BCUT2D eigenvalue weighted by molar-refractivity contribution is -0.141. The van der Waals surface area contributed by atoms with E-state index in [0.29, 0.717) is 16.1 Å². The monoisotopic (exact) mass is 592 g/mol. The minimum absolute atomic E-state index is 0.0653. The molecular weight excluding hydrogens is 569 g/mol. The maximum Gasteiger partial charge on any atom is 0.416 e. The number of carbonyl (C=O) groups is 3. The van der Waals surface area contributed by atoms with Crippen LogP contribution >= 0.6 is 11.6 Å². The van der Waals surface area contributed by atoms with E-state index in [1.807, 2.05) is 42.5 Å². The molecule has 0 bridgehead atoms. The van der Waals surface area contributed by atoms with Crippen molar-refractivity contribution in [2.24, 2.45) is 0 Å². The van der Waals surface area contributed by atoms with Gasteiger partial charge in [-0.2, -0.15) is 13.2 Å². The van der Waals surface area contributed by atoms with Crippen molar-refractivity contribution < 1.29 is 32.7 Å². The summed E-state index contributed by atoms with van der Waals surface area (Å²) in [4.78, 5) is 38.2. The van der Waals surface area contributed by atoms with Crippen LogP contribution in [-0.4, -0.2) is 28.9 Å². The van der Waals surface area contributed by atoms with E-state index in [2.05, 4.69) is 10.6 Å².